The maximum Gasteiger partial charge on any atom is 0.157 e. The summed E-state index contributed by atoms with van der Waals surface area (Å²) >= 11 is 0. The van der Waals surface area contributed by atoms with Crippen LogP contribution in [0, 0.1) is 0 Å². The van der Waals surface area contributed by atoms with Crippen LogP contribution in [0.2, 0.25) is 0 Å². The number of anilines is 1. The van der Waals surface area contributed by atoms with Crippen LogP contribution in [-0.2, 0) is 23.7 Å². The minimum Gasteiger partial charge on any atom is -0.382 e. The summed E-state index contributed by atoms with van der Waals surface area (Å²) in [5, 5.41) is 3.34. The third-order valence-corrected chi connectivity index (χ3v) is 3.86. The van der Waals surface area contributed by atoms with Gasteiger partial charge in [0, 0.05) is 34.1 Å². The lowest BCUT2D eigenvalue weighted by Crippen LogP contribution is -2.62. The van der Waals surface area contributed by atoms with E-state index in [4.69, 9.17) is 23.7 Å². The zero-order valence-corrected chi connectivity index (χ0v) is 13.5. The van der Waals surface area contributed by atoms with E-state index >= 15 is 0 Å². The van der Waals surface area contributed by atoms with E-state index in [0.717, 1.165) is 5.69 Å². The van der Waals surface area contributed by atoms with E-state index in [1.807, 2.05) is 30.3 Å². The Kier molecular flexibility index (Phi) is 6.60. The molecule has 0 amide bonds. The summed E-state index contributed by atoms with van der Waals surface area (Å²) in [6.07, 6.45) is -1.42. The summed E-state index contributed by atoms with van der Waals surface area (Å²) in [6.45, 7) is 0.418. The number of hydrogen-bond donors (Lipinski definition) is 1. The number of benzene rings is 1. The largest absolute Gasteiger partial charge is 0.382 e. The van der Waals surface area contributed by atoms with Crippen LogP contribution in [0.5, 0.6) is 0 Å². The van der Waals surface area contributed by atoms with Crippen molar-refractivity contribution < 1.29 is 23.7 Å². The van der Waals surface area contributed by atoms with Crippen molar-refractivity contribution in [1.29, 1.82) is 0 Å². The quantitative estimate of drug-likeness (QED) is 0.824. The normalized spacial score (nSPS) is 31.9. The molecule has 124 valence electrons. The van der Waals surface area contributed by atoms with E-state index in [1.54, 1.807) is 28.4 Å². The monoisotopic (exact) mass is 311 g/mol. The molecule has 0 aliphatic carbocycles. The smallest absolute Gasteiger partial charge is 0.157 e. The van der Waals surface area contributed by atoms with Crippen molar-refractivity contribution in [2.24, 2.45) is 0 Å². The van der Waals surface area contributed by atoms with Crippen molar-refractivity contribution in [2.75, 3.05) is 40.4 Å². The molecule has 1 heterocycles. The Hall–Kier alpha value is -1.18. The average Bonchev–Trinajstić information content (AvgIpc) is 2.55. The minimum atomic E-state index is -0.358. The fourth-order valence-corrected chi connectivity index (χ4v) is 2.84. The van der Waals surface area contributed by atoms with Gasteiger partial charge in [0.15, 0.2) is 6.23 Å². The molecule has 0 radical (unpaired) electrons. The molecule has 1 aromatic rings. The average molecular weight is 311 g/mol. The summed E-state index contributed by atoms with van der Waals surface area (Å²) in [5.41, 5.74) is 0.955. The second-order valence-corrected chi connectivity index (χ2v) is 5.16. The van der Waals surface area contributed by atoms with E-state index in [2.05, 4.69) is 5.32 Å². The molecule has 2 rings (SSSR count). The number of nitrogens with one attached hydrogen (secondary N) is 1. The van der Waals surface area contributed by atoms with Crippen molar-refractivity contribution >= 4 is 5.69 Å². The van der Waals surface area contributed by atoms with E-state index < -0.39 is 0 Å². The molecule has 6 nitrogen and oxygen atoms in total. The van der Waals surface area contributed by atoms with E-state index in [9.17, 15) is 0 Å². The summed E-state index contributed by atoms with van der Waals surface area (Å²) in [6, 6.07) is 9.85. The highest BCUT2D eigenvalue weighted by atomic mass is 16.6. The molecule has 0 aromatic heterocycles. The topological polar surface area (TPSA) is 58.2 Å². The van der Waals surface area contributed by atoms with E-state index in [1.165, 1.54) is 0 Å². The minimum absolute atomic E-state index is 0.243. The fraction of sp³-hybridized carbons (Fsp3) is 0.625. The molecule has 1 N–H and O–H groups in total. The van der Waals surface area contributed by atoms with Gasteiger partial charge >= 0.3 is 0 Å². The Morgan fingerprint density at radius 2 is 1.55 bits per heavy atom. The second-order valence-electron chi connectivity index (χ2n) is 5.16. The van der Waals surface area contributed by atoms with Crippen LogP contribution in [0.15, 0.2) is 30.3 Å². The number of rotatable bonds is 7. The SMILES string of the molecule is COC[C@@H]1O[C@@H](Nc2ccccc2)[C@@H](OC)[C@@H](OC)[C@@H]1OC. The molecular weight excluding hydrogens is 286 g/mol. The Labute approximate surface area is 131 Å². The Balaban J connectivity index is 2.19. The zero-order valence-electron chi connectivity index (χ0n) is 13.5. The van der Waals surface area contributed by atoms with Gasteiger partial charge in [0.2, 0.25) is 0 Å². The van der Waals surface area contributed by atoms with Crippen molar-refractivity contribution in [3.05, 3.63) is 30.3 Å². The van der Waals surface area contributed by atoms with Crippen LogP contribution in [-0.4, -0.2) is 65.7 Å². The van der Waals surface area contributed by atoms with Crippen molar-refractivity contribution in [1.82, 2.24) is 0 Å². The molecule has 1 aromatic carbocycles. The first-order chi connectivity index (χ1) is 10.7. The maximum absolute atomic E-state index is 6.10. The summed E-state index contributed by atoms with van der Waals surface area (Å²) in [5.74, 6) is 0. The van der Waals surface area contributed by atoms with Gasteiger partial charge in [0.1, 0.15) is 24.4 Å². The van der Waals surface area contributed by atoms with Crippen LogP contribution in [0.3, 0.4) is 0 Å². The van der Waals surface area contributed by atoms with E-state index in [-0.39, 0.29) is 30.6 Å². The molecule has 5 atom stereocenters. The third kappa shape index (κ3) is 3.77. The Morgan fingerprint density at radius 3 is 2.09 bits per heavy atom. The molecule has 0 unspecified atom stereocenters. The first-order valence-electron chi connectivity index (χ1n) is 7.29. The molecule has 22 heavy (non-hydrogen) atoms. The van der Waals surface area contributed by atoms with Gasteiger partial charge in [0.05, 0.1) is 6.61 Å². The Bertz CT molecular complexity index is 430. The standard InChI is InChI=1S/C16H25NO5/c1-18-10-12-13(19-2)14(20-3)15(21-4)16(22-12)17-11-8-6-5-7-9-11/h5-9,12-17H,10H2,1-4H3/t12-,13+,14-,15-,16+/m0/s1. The molecule has 0 spiro atoms. The van der Waals surface area contributed by atoms with Gasteiger partial charge in [-0.2, -0.15) is 0 Å². The highest BCUT2D eigenvalue weighted by Crippen LogP contribution is 2.28. The van der Waals surface area contributed by atoms with Gasteiger partial charge in [-0.05, 0) is 12.1 Å². The van der Waals surface area contributed by atoms with Gasteiger partial charge in [-0.25, -0.2) is 0 Å². The number of ether oxygens (including phenoxy) is 5. The molecule has 1 fully saturated rings. The number of hydrogen-bond acceptors (Lipinski definition) is 6. The van der Waals surface area contributed by atoms with Crippen LogP contribution >= 0.6 is 0 Å². The van der Waals surface area contributed by atoms with Gasteiger partial charge < -0.3 is 29.0 Å². The zero-order chi connectivity index (χ0) is 15.9. The maximum atomic E-state index is 6.10. The third-order valence-electron chi connectivity index (χ3n) is 3.86. The van der Waals surface area contributed by atoms with Gasteiger partial charge in [0.25, 0.3) is 0 Å². The van der Waals surface area contributed by atoms with Crippen molar-refractivity contribution in [2.45, 2.75) is 30.6 Å². The highest BCUT2D eigenvalue weighted by molar-refractivity contribution is 5.43. The fourth-order valence-electron chi connectivity index (χ4n) is 2.84. The number of para-hydroxylation sites is 1. The van der Waals surface area contributed by atoms with Gasteiger partial charge in [-0.1, -0.05) is 18.2 Å². The van der Waals surface area contributed by atoms with Crippen LogP contribution < -0.4 is 5.32 Å². The van der Waals surface area contributed by atoms with Gasteiger partial charge in [-0.3, -0.25) is 0 Å². The molecule has 1 saturated heterocycles. The predicted octanol–water partition coefficient (Wildman–Crippen LogP) is 1.51. The lowest BCUT2D eigenvalue weighted by atomic mass is 9.97. The highest BCUT2D eigenvalue weighted by Gasteiger charge is 2.47. The first kappa shape index (κ1) is 17.2. The molecule has 1 aliphatic heterocycles. The Morgan fingerprint density at radius 1 is 0.909 bits per heavy atom. The van der Waals surface area contributed by atoms with Crippen LogP contribution in [0.4, 0.5) is 5.69 Å². The second kappa shape index (κ2) is 8.45. The van der Waals surface area contributed by atoms with Crippen molar-refractivity contribution in [3.63, 3.8) is 0 Å². The number of methoxy groups -OCH3 is 4. The molecular formula is C16H25NO5. The molecule has 1 aliphatic rings. The summed E-state index contributed by atoms with van der Waals surface area (Å²) < 4.78 is 28.1. The summed E-state index contributed by atoms with van der Waals surface area (Å²) in [7, 11) is 6.57. The summed E-state index contributed by atoms with van der Waals surface area (Å²) in [4.78, 5) is 0. The van der Waals surface area contributed by atoms with Gasteiger partial charge in [-0.15, -0.1) is 0 Å². The first-order valence-corrected chi connectivity index (χ1v) is 7.29. The molecule has 6 heteroatoms. The van der Waals surface area contributed by atoms with Crippen LogP contribution in [0.1, 0.15) is 0 Å². The molecule has 0 bridgehead atoms. The lowest BCUT2D eigenvalue weighted by Gasteiger charge is -2.45. The van der Waals surface area contributed by atoms with Crippen LogP contribution in [0.25, 0.3) is 0 Å². The van der Waals surface area contributed by atoms with Crippen molar-refractivity contribution in [3.8, 4) is 0 Å². The van der Waals surface area contributed by atoms with E-state index in [0.29, 0.717) is 6.61 Å². The predicted molar refractivity (Wildman–Crippen MR) is 83.0 cm³/mol. The molecule has 0 saturated carbocycles. The lowest BCUT2D eigenvalue weighted by molar-refractivity contribution is -0.243.